The van der Waals surface area contributed by atoms with Gasteiger partial charge in [-0.2, -0.15) is 4.98 Å². The van der Waals surface area contributed by atoms with Gasteiger partial charge in [-0.25, -0.2) is 13.8 Å². The number of fused-ring (bicyclic) bond motifs is 1. The first-order valence-corrected chi connectivity index (χ1v) is 26.4. The quantitative estimate of drug-likeness (QED) is 0.0724. The van der Waals surface area contributed by atoms with Crippen LogP contribution in [0.4, 0.5) is 37.6 Å². The van der Waals surface area contributed by atoms with Crippen molar-refractivity contribution in [2.24, 2.45) is 0 Å². The molecule has 66 heavy (non-hydrogen) atoms. The molecule has 4 aliphatic rings. The number of ether oxygens (including phenoxy) is 1. The molecule has 13 nitrogen and oxygen atoms in total. The number of anilines is 5. The zero-order valence-corrected chi connectivity index (χ0v) is 40.4. The molecule has 3 aromatic carbocycles. The Kier molecular flexibility index (Phi) is 13.5. The smallest absolute Gasteiger partial charge is 0.234 e. The number of aromatic nitrogens is 3. The van der Waals surface area contributed by atoms with Crippen molar-refractivity contribution in [1.29, 1.82) is 0 Å². The average Bonchev–Trinajstić information content (AvgIpc) is 4.16. The van der Waals surface area contributed by atoms with Crippen molar-refractivity contribution in [1.82, 2.24) is 30.1 Å². The van der Waals surface area contributed by atoms with Crippen LogP contribution in [0.2, 0.25) is 0 Å². The molecular formula is C49H57BrF2N9O4P. The Morgan fingerprint density at radius 3 is 2.30 bits per heavy atom. The summed E-state index contributed by atoms with van der Waals surface area (Å²) in [6.07, 6.45) is 7.59. The molecule has 2 aromatic heterocycles. The molecule has 0 radical (unpaired) electrons. The maximum absolute atomic E-state index is 15.1. The molecule has 1 aliphatic carbocycles. The number of carbonyl (C=O) groups is 2. The lowest BCUT2D eigenvalue weighted by Crippen LogP contribution is -2.53. The number of piperazine rings is 1. The highest BCUT2D eigenvalue weighted by Gasteiger charge is 2.34. The fourth-order valence-corrected chi connectivity index (χ4v) is 11.7. The second-order valence-corrected chi connectivity index (χ2v) is 22.4. The van der Waals surface area contributed by atoms with Crippen molar-refractivity contribution in [3.63, 3.8) is 0 Å². The summed E-state index contributed by atoms with van der Waals surface area (Å²) in [6, 6.07) is 15.4. The number of carbonyl (C=O) groups excluding carboxylic acids is 2. The highest BCUT2D eigenvalue weighted by Crippen LogP contribution is 2.44. The molecular weight excluding hydrogens is 927 g/mol. The number of nitrogens with one attached hydrogen (secondary N) is 3. The maximum atomic E-state index is 15.1. The van der Waals surface area contributed by atoms with Gasteiger partial charge in [-0.3, -0.25) is 24.8 Å². The lowest BCUT2D eigenvalue weighted by atomic mass is 9.89. The minimum absolute atomic E-state index is 0.0650. The maximum Gasteiger partial charge on any atom is 0.234 e. The van der Waals surface area contributed by atoms with Crippen molar-refractivity contribution < 1.29 is 27.7 Å². The van der Waals surface area contributed by atoms with E-state index in [0.717, 1.165) is 105 Å². The zero-order valence-electron chi connectivity index (χ0n) is 37.9. The zero-order chi connectivity index (χ0) is 46.3. The van der Waals surface area contributed by atoms with Crippen LogP contribution < -0.4 is 30.9 Å². The number of imide groups is 1. The van der Waals surface area contributed by atoms with Gasteiger partial charge < -0.3 is 29.7 Å². The Balaban J connectivity index is 0.808. The molecule has 5 heterocycles. The van der Waals surface area contributed by atoms with Crippen LogP contribution in [0.25, 0.3) is 10.9 Å². The molecule has 3 N–H and O–H groups in total. The normalized spacial score (nSPS) is 19.0. The molecule has 3 saturated heterocycles. The van der Waals surface area contributed by atoms with Gasteiger partial charge in [0.1, 0.15) is 30.3 Å². The summed E-state index contributed by atoms with van der Waals surface area (Å²) in [4.78, 5) is 45.6. The summed E-state index contributed by atoms with van der Waals surface area (Å²) in [5.41, 5.74) is 6.07. The molecule has 5 aromatic rings. The van der Waals surface area contributed by atoms with Crippen LogP contribution in [0.5, 0.6) is 5.75 Å². The number of halogens is 3. The Morgan fingerprint density at radius 1 is 0.894 bits per heavy atom. The Morgan fingerprint density at radius 2 is 1.64 bits per heavy atom. The molecule has 9 rings (SSSR count). The van der Waals surface area contributed by atoms with Crippen LogP contribution in [-0.4, -0.2) is 109 Å². The summed E-state index contributed by atoms with van der Waals surface area (Å²) in [6.45, 7) is 11.9. The number of benzene rings is 3. The summed E-state index contributed by atoms with van der Waals surface area (Å²) >= 11 is 3.63. The van der Waals surface area contributed by atoms with Gasteiger partial charge in [0.25, 0.3) is 0 Å². The molecule has 0 bridgehead atoms. The Bertz CT molecular complexity index is 2700. The molecule has 348 valence electrons. The minimum atomic E-state index is -2.75. The number of aryl methyl sites for hydroxylation is 1. The van der Waals surface area contributed by atoms with Crippen molar-refractivity contribution in [2.45, 2.75) is 76.2 Å². The number of amides is 2. The van der Waals surface area contributed by atoms with E-state index in [2.05, 4.69) is 82.8 Å². The number of hydrogen-bond acceptors (Lipinski definition) is 12. The number of rotatable bonds is 14. The predicted molar refractivity (Wildman–Crippen MR) is 260 cm³/mol. The Hall–Kier alpha value is -5.02. The van der Waals surface area contributed by atoms with E-state index >= 15 is 8.78 Å². The van der Waals surface area contributed by atoms with Gasteiger partial charge in [0.2, 0.25) is 17.8 Å². The molecule has 0 unspecified atom stereocenters. The largest absolute Gasteiger partial charge is 0.494 e. The van der Waals surface area contributed by atoms with Crippen molar-refractivity contribution in [3.8, 4) is 5.75 Å². The van der Waals surface area contributed by atoms with Crippen molar-refractivity contribution in [2.75, 3.05) is 81.8 Å². The summed E-state index contributed by atoms with van der Waals surface area (Å²) in [5.74, 6) is -1.40. The van der Waals surface area contributed by atoms with E-state index in [1.807, 2.05) is 12.1 Å². The summed E-state index contributed by atoms with van der Waals surface area (Å²) in [5, 5.41) is 10.7. The lowest BCUT2D eigenvalue weighted by Gasteiger charge is -2.43. The molecule has 17 heteroatoms. The fraction of sp³-hybridized carbons (Fsp3) is 0.449. The van der Waals surface area contributed by atoms with Gasteiger partial charge in [-0.15, -0.1) is 0 Å². The van der Waals surface area contributed by atoms with E-state index < -0.39 is 36.5 Å². The van der Waals surface area contributed by atoms with Crippen LogP contribution in [0.3, 0.4) is 0 Å². The first kappa shape index (κ1) is 46.1. The van der Waals surface area contributed by atoms with E-state index in [-0.39, 0.29) is 18.4 Å². The second-order valence-electron chi connectivity index (χ2n) is 18.4. The third-order valence-corrected chi connectivity index (χ3v) is 15.7. The van der Waals surface area contributed by atoms with Crippen LogP contribution in [0.1, 0.15) is 79.7 Å². The van der Waals surface area contributed by atoms with Gasteiger partial charge >= 0.3 is 0 Å². The highest BCUT2D eigenvalue weighted by molar-refractivity contribution is 9.10. The van der Waals surface area contributed by atoms with Crippen LogP contribution in [-0.2, 0) is 27.0 Å². The van der Waals surface area contributed by atoms with Gasteiger partial charge in [-0.1, -0.05) is 13.0 Å². The first-order valence-electron chi connectivity index (χ1n) is 23.1. The van der Waals surface area contributed by atoms with Gasteiger partial charge in [0.05, 0.1) is 34.4 Å². The van der Waals surface area contributed by atoms with Gasteiger partial charge in [-0.05, 0) is 122 Å². The van der Waals surface area contributed by atoms with Gasteiger partial charge in [0, 0.05) is 104 Å². The molecule has 3 aliphatic heterocycles. The fourth-order valence-electron chi connectivity index (χ4n) is 9.91. The standard InChI is InChI=1S/C49H57BrF2N9O4P/c1-5-30-26-41(56-49-53-28-35(50)47(58-49)55-40-12-11-39-33(46(40)66(3,4)64)8-10-38(54-39)31-6-7-31)43(65-2)27-42(30)61-18-15-32(16-19-61)60-22-20-59(21-23-60)17-14-29-24-36(51)45(37(52)25-29)34-9-13-44(62)57-48(34)63/h8,10-12,24-28,31-32,34H,5-7,9,13-23H2,1-4H3,(H,57,62,63)(H2,53,55,56,58)/t34-/m1/s1. The monoisotopic (exact) mass is 983 g/mol. The summed E-state index contributed by atoms with van der Waals surface area (Å²) < 4.78 is 50.6. The third-order valence-electron chi connectivity index (χ3n) is 13.6. The number of pyridine rings is 1. The predicted octanol–water partition coefficient (Wildman–Crippen LogP) is 8.60. The van der Waals surface area contributed by atoms with E-state index in [1.165, 1.54) is 17.7 Å². The topological polar surface area (TPSA) is 145 Å². The molecule has 1 saturated carbocycles. The number of nitrogens with zero attached hydrogens (tertiary/aromatic N) is 6. The number of piperidine rings is 2. The van der Waals surface area contributed by atoms with Gasteiger partial charge in [0.15, 0.2) is 0 Å². The number of hydrogen-bond donors (Lipinski definition) is 3. The minimum Gasteiger partial charge on any atom is -0.494 e. The van der Waals surface area contributed by atoms with E-state index in [1.54, 1.807) is 26.6 Å². The number of methoxy groups -OCH3 is 1. The van der Waals surface area contributed by atoms with Crippen LogP contribution >= 0.6 is 23.1 Å². The molecule has 1 atom stereocenters. The molecule has 2 amide bonds. The van der Waals surface area contributed by atoms with Crippen molar-refractivity contribution >= 4 is 79.9 Å². The van der Waals surface area contributed by atoms with Crippen LogP contribution in [0, 0.1) is 11.6 Å². The molecule has 4 fully saturated rings. The summed E-state index contributed by atoms with van der Waals surface area (Å²) in [7, 11) is -1.07. The van der Waals surface area contributed by atoms with E-state index in [4.69, 9.17) is 14.7 Å². The second kappa shape index (κ2) is 19.3. The average molecular weight is 985 g/mol. The van der Waals surface area contributed by atoms with E-state index in [9.17, 15) is 14.2 Å². The van der Waals surface area contributed by atoms with Crippen LogP contribution in [0.15, 0.2) is 59.2 Å². The van der Waals surface area contributed by atoms with Crippen molar-refractivity contribution in [3.05, 3.63) is 93.2 Å². The van der Waals surface area contributed by atoms with E-state index in [0.29, 0.717) is 58.2 Å². The Labute approximate surface area is 393 Å². The third kappa shape index (κ3) is 9.98. The lowest BCUT2D eigenvalue weighted by molar-refractivity contribution is -0.134. The highest BCUT2D eigenvalue weighted by atomic mass is 79.9. The SMILES string of the molecule is CCc1cc(Nc2ncc(Br)c(Nc3ccc4nc(C5CC5)ccc4c3P(C)(C)=O)n2)c(OC)cc1N1CCC(N2CCN(CCc3cc(F)c([C@H]4CCC(=O)NC4=O)c(F)c3)CC2)CC1. The molecule has 0 spiro atoms. The first-order chi connectivity index (χ1) is 31.8.